The van der Waals surface area contributed by atoms with Crippen molar-refractivity contribution in [1.82, 2.24) is 9.88 Å². The van der Waals surface area contributed by atoms with E-state index in [1.165, 1.54) is 11.8 Å². The predicted octanol–water partition coefficient (Wildman–Crippen LogP) is 1.78. The highest BCUT2D eigenvalue weighted by Gasteiger charge is 2.39. The molecule has 1 aliphatic rings. The van der Waals surface area contributed by atoms with Gasteiger partial charge in [-0.15, -0.1) is 0 Å². The fourth-order valence-corrected chi connectivity index (χ4v) is 3.85. The van der Waals surface area contributed by atoms with Gasteiger partial charge in [0.1, 0.15) is 0 Å². The van der Waals surface area contributed by atoms with Crippen molar-refractivity contribution in [3.63, 3.8) is 0 Å². The molecule has 1 amide bonds. The van der Waals surface area contributed by atoms with Gasteiger partial charge < -0.3 is 19.8 Å². The minimum Gasteiger partial charge on any atom is -0.548 e. The molecule has 5 heteroatoms. The molecule has 5 nitrogen and oxygen atoms in total. The van der Waals surface area contributed by atoms with Crippen molar-refractivity contribution < 1.29 is 14.7 Å². The number of H-pyrrole nitrogens is 1. The Morgan fingerprint density at radius 2 is 1.76 bits per heavy atom. The second-order valence-electron chi connectivity index (χ2n) is 6.34. The summed E-state index contributed by atoms with van der Waals surface area (Å²) in [5.74, 6) is -1.51. The van der Waals surface area contributed by atoms with Crippen molar-refractivity contribution in [3.8, 4) is 0 Å². The van der Waals surface area contributed by atoms with E-state index in [9.17, 15) is 14.7 Å². The van der Waals surface area contributed by atoms with E-state index >= 15 is 0 Å². The SMILES string of the molecule is CC(=O)N1[C@@H](c2ccccc2)c2[nH]c3ccccc3c2C[C@H]1C(=O)[O-]. The van der Waals surface area contributed by atoms with Gasteiger partial charge in [-0.05, 0) is 17.2 Å². The summed E-state index contributed by atoms with van der Waals surface area (Å²) < 4.78 is 0. The van der Waals surface area contributed by atoms with E-state index in [0.29, 0.717) is 0 Å². The number of nitrogens with one attached hydrogen (secondary N) is 1. The molecule has 3 aromatic rings. The van der Waals surface area contributed by atoms with Crippen LogP contribution >= 0.6 is 0 Å². The first-order chi connectivity index (χ1) is 12.1. The number of aromatic amines is 1. The Morgan fingerprint density at radius 1 is 1.08 bits per heavy atom. The molecule has 1 aromatic heterocycles. The third-order valence-electron chi connectivity index (χ3n) is 4.88. The lowest BCUT2D eigenvalue weighted by Crippen LogP contribution is -2.55. The van der Waals surface area contributed by atoms with Gasteiger partial charge in [0.2, 0.25) is 5.91 Å². The maximum Gasteiger partial charge on any atom is 0.220 e. The fourth-order valence-electron chi connectivity index (χ4n) is 3.85. The summed E-state index contributed by atoms with van der Waals surface area (Å²) in [6, 6.07) is 15.8. The van der Waals surface area contributed by atoms with Crippen LogP contribution in [0.15, 0.2) is 54.6 Å². The van der Waals surface area contributed by atoms with Crippen molar-refractivity contribution in [1.29, 1.82) is 0 Å². The third-order valence-corrected chi connectivity index (χ3v) is 4.88. The molecule has 0 aliphatic carbocycles. The standard InChI is InChI=1S/C20H18N2O3/c1-12(23)22-17(20(24)25)11-15-14-9-5-6-10-16(14)21-18(15)19(22)13-7-3-2-4-8-13/h2-10,17,19,21H,11H2,1H3,(H,24,25)/p-1/t17-,19-/m0/s1. The predicted molar refractivity (Wildman–Crippen MR) is 91.6 cm³/mol. The van der Waals surface area contributed by atoms with E-state index < -0.39 is 18.1 Å². The average molecular weight is 333 g/mol. The molecule has 0 radical (unpaired) electrons. The number of rotatable bonds is 2. The summed E-state index contributed by atoms with van der Waals surface area (Å²) in [4.78, 5) is 29.0. The van der Waals surface area contributed by atoms with Crippen LogP contribution in [-0.4, -0.2) is 27.8 Å². The van der Waals surface area contributed by atoms with Gasteiger partial charge in [0.15, 0.2) is 0 Å². The second kappa shape index (κ2) is 5.77. The normalized spacial score (nSPS) is 19.6. The number of carboxylic acid groups (broad SMARTS) is 1. The largest absolute Gasteiger partial charge is 0.548 e. The van der Waals surface area contributed by atoms with Gasteiger partial charge in [0.05, 0.1) is 18.1 Å². The Morgan fingerprint density at radius 3 is 2.44 bits per heavy atom. The highest BCUT2D eigenvalue weighted by Crippen LogP contribution is 2.40. The number of fused-ring (bicyclic) bond motifs is 3. The number of nitrogens with zero attached hydrogens (tertiary/aromatic N) is 1. The molecule has 126 valence electrons. The van der Waals surface area contributed by atoms with Crippen LogP contribution in [0.4, 0.5) is 0 Å². The summed E-state index contributed by atoms with van der Waals surface area (Å²) in [6.07, 6.45) is 0.241. The monoisotopic (exact) mass is 333 g/mol. The summed E-state index contributed by atoms with van der Waals surface area (Å²) in [5.41, 5.74) is 3.63. The first kappa shape index (κ1) is 15.4. The van der Waals surface area contributed by atoms with Gasteiger partial charge in [-0.2, -0.15) is 0 Å². The van der Waals surface area contributed by atoms with Crippen molar-refractivity contribution in [2.75, 3.05) is 0 Å². The van der Waals surface area contributed by atoms with Crippen molar-refractivity contribution >= 4 is 22.8 Å². The van der Waals surface area contributed by atoms with Crippen LogP contribution < -0.4 is 5.11 Å². The number of aromatic nitrogens is 1. The Bertz CT molecular complexity index is 961. The van der Waals surface area contributed by atoms with Crippen LogP contribution in [0.2, 0.25) is 0 Å². The number of hydrogen-bond donors (Lipinski definition) is 1. The van der Waals surface area contributed by atoms with Gasteiger partial charge in [0.25, 0.3) is 0 Å². The average Bonchev–Trinajstić information content (AvgIpc) is 2.99. The van der Waals surface area contributed by atoms with E-state index in [1.54, 1.807) is 0 Å². The van der Waals surface area contributed by atoms with Crippen LogP contribution in [0.3, 0.4) is 0 Å². The van der Waals surface area contributed by atoms with E-state index in [1.807, 2.05) is 54.6 Å². The molecule has 0 saturated heterocycles. The first-order valence-electron chi connectivity index (χ1n) is 8.22. The highest BCUT2D eigenvalue weighted by molar-refractivity contribution is 5.89. The van der Waals surface area contributed by atoms with Crippen molar-refractivity contribution in [2.45, 2.75) is 25.4 Å². The van der Waals surface area contributed by atoms with Crippen LogP contribution in [0.25, 0.3) is 10.9 Å². The molecular formula is C20H17N2O3-. The smallest absolute Gasteiger partial charge is 0.220 e. The molecule has 2 heterocycles. The molecule has 0 saturated carbocycles. The van der Waals surface area contributed by atoms with Crippen LogP contribution in [0.5, 0.6) is 0 Å². The molecule has 25 heavy (non-hydrogen) atoms. The summed E-state index contributed by atoms with van der Waals surface area (Å²) >= 11 is 0. The molecule has 2 atom stereocenters. The zero-order chi connectivity index (χ0) is 17.6. The topological polar surface area (TPSA) is 76.2 Å². The highest BCUT2D eigenvalue weighted by atomic mass is 16.4. The van der Waals surface area contributed by atoms with Gasteiger partial charge in [0, 0.05) is 29.9 Å². The number of amides is 1. The summed E-state index contributed by atoms with van der Waals surface area (Å²) in [5, 5.41) is 12.8. The Balaban J connectivity index is 2.00. The lowest BCUT2D eigenvalue weighted by molar-refractivity contribution is -0.312. The van der Waals surface area contributed by atoms with E-state index in [4.69, 9.17) is 0 Å². The van der Waals surface area contributed by atoms with Crippen LogP contribution in [0.1, 0.15) is 29.8 Å². The number of hydrogen-bond acceptors (Lipinski definition) is 3. The number of para-hydroxylation sites is 1. The number of carboxylic acids is 1. The maximum absolute atomic E-state index is 12.3. The number of aliphatic carboxylic acids is 1. The lowest BCUT2D eigenvalue weighted by Gasteiger charge is -2.42. The molecule has 0 spiro atoms. The fraction of sp³-hybridized carbons (Fsp3) is 0.200. The molecule has 2 aromatic carbocycles. The third kappa shape index (κ3) is 2.39. The molecule has 1 aliphatic heterocycles. The Kier molecular flexibility index (Phi) is 3.57. The minimum absolute atomic E-state index is 0.241. The minimum atomic E-state index is -1.23. The molecular weight excluding hydrogens is 316 g/mol. The summed E-state index contributed by atoms with van der Waals surface area (Å²) in [7, 11) is 0. The van der Waals surface area contributed by atoms with E-state index in [0.717, 1.165) is 27.7 Å². The van der Waals surface area contributed by atoms with Crippen LogP contribution in [0, 0.1) is 0 Å². The molecule has 0 unspecified atom stereocenters. The van der Waals surface area contributed by atoms with Gasteiger partial charge >= 0.3 is 0 Å². The first-order valence-corrected chi connectivity index (χ1v) is 8.22. The number of carbonyl (C=O) groups is 2. The molecule has 0 fully saturated rings. The Labute approximate surface area is 144 Å². The van der Waals surface area contributed by atoms with Crippen molar-refractivity contribution in [2.24, 2.45) is 0 Å². The molecule has 1 N–H and O–H groups in total. The number of benzene rings is 2. The van der Waals surface area contributed by atoms with E-state index in [2.05, 4.69) is 4.98 Å². The van der Waals surface area contributed by atoms with Crippen molar-refractivity contribution in [3.05, 3.63) is 71.4 Å². The van der Waals surface area contributed by atoms with Gasteiger partial charge in [-0.1, -0.05) is 48.5 Å². The van der Waals surface area contributed by atoms with Gasteiger partial charge in [-0.25, -0.2) is 0 Å². The lowest BCUT2D eigenvalue weighted by atomic mass is 9.88. The van der Waals surface area contributed by atoms with Gasteiger partial charge in [-0.3, -0.25) is 4.79 Å². The maximum atomic E-state index is 12.3. The van der Waals surface area contributed by atoms with Crippen LogP contribution in [-0.2, 0) is 16.0 Å². The number of carbonyl (C=O) groups excluding carboxylic acids is 2. The molecule has 0 bridgehead atoms. The zero-order valence-electron chi connectivity index (χ0n) is 13.7. The van der Waals surface area contributed by atoms with E-state index in [-0.39, 0.29) is 12.3 Å². The summed E-state index contributed by atoms with van der Waals surface area (Å²) in [6.45, 7) is 1.40. The second-order valence-corrected chi connectivity index (χ2v) is 6.34. The zero-order valence-corrected chi connectivity index (χ0v) is 13.7. The quantitative estimate of drug-likeness (QED) is 0.777. The Hall–Kier alpha value is -3.08. The molecule has 4 rings (SSSR count).